The minimum Gasteiger partial charge on any atom is -0.466 e. The van der Waals surface area contributed by atoms with Crippen LogP contribution in [0.3, 0.4) is 0 Å². The molecule has 0 amide bonds. The first kappa shape index (κ1) is 27.2. The van der Waals surface area contributed by atoms with Crippen LogP contribution in [0.1, 0.15) is 116 Å². The predicted octanol–water partition coefficient (Wildman–Crippen LogP) is 7.79. The van der Waals surface area contributed by atoms with E-state index in [0.717, 1.165) is 12.8 Å². The van der Waals surface area contributed by atoms with Gasteiger partial charge in [0.05, 0.1) is 6.61 Å². The van der Waals surface area contributed by atoms with Gasteiger partial charge in [-0.05, 0) is 31.4 Å². The number of hydrogen-bond acceptors (Lipinski definition) is 4. The van der Waals surface area contributed by atoms with Gasteiger partial charge in [-0.1, -0.05) is 102 Å². The van der Waals surface area contributed by atoms with Crippen LogP contribution in [-0.4, -0.2) is 18.5 Å². The van der Waals surface area contributed by atoms with Crippen LogP contribution in [0.4, 0.5) is 0 Å². The van der Waals surface area contributed by atoms with E-state index >= 15 is 0 Å². The third-order valence-electron chi connectivity index (χ3n) is 5.50. The third-order valence-corrected chi connectivity index (χ3v) is 5.50. The number of carbonyl (C=O) groups is 2. The standard InChI is InChI=1S/C27H44O4/c1-2-3-4-5-6-7-8-9-10-11-12-13-19-24-30-26(28)22-17-18-23-27(29)31-25-20-15-14-16-21-25/h14-16,20-21H,2-13,17-19,22-24H2,1H3. The molecular weight excluding hydrogens is 388 g/mol. The maximum absolute atomic E-state index is 11.8. The summed E-state index contributed by atoms with van der Waals surface area (Å²) in [5, 5.41) is 0. The van der Waals surface area contributed by atoms with Crippen molar-refractivity contribution < 1.29 is 19.1 Å². The number of unbranched alkanes of at least 4 members (excludes halogenated alkanes) is 13. The van der Waals surface area contributed by atoms with Gasteiger partial charge in [-0.3, -0.25) is 9.59 Å². The molecule has 0 aliphatic rings. The Morgan fingerprint density at radius 3 is 1.65 bits per heavy atom. The van der Waals surface area contributed by atoms with E-state index in [-0.39, 0.29) is 11.9 Å². The molecular formula is C27H44O4. The molecule has 4 heteroatoms. The van der Waals surface area contributed by atoms with Crippen molar-refractivity contribution in [3.05, 3.63) is 30.3 Å². The van der Waals surface area contributed by atoms with Crippen molar-refractivity contribution in [3.8, 4) is 5.75 Å². The molecule has 176 valence electrons. The first-order valence-electron chi connectivity index (χ1n) is 12.6. The van der Waals surface area contributed by atoms with Gasteiger partial charge in [-0.15, -0.1) is 0 Å². The van der Waals surface area contributed by atoms with Crippen LogP contribution in [0, 0.1) is 0 Å². The van der Waals surface area contributed by atoms with Crippen LogP contribution in [0.15, 0.2) is 30.3 Å². The summed E-state index contributed by atoms with van der Waals surface area (Å²) in [6, 6.07) is 9.05. The minimum atomic E-state index is -0.258. The number of carbonyl (C=O) groups excluding carboxylic acids is 2. The second-order valence-corrected chi connectivity index (χ2v) is 8.46. The fraction of sp³-hybridized carbons (Fsp3) is 0.704. The van der Waals surface area contributed by atoms with Gasteiger partial charge >= 0.3 is 11.9 Å². The molecule has 0 unspecified atom stereocenters. The molecule has 0 saturated heterocycles. The largest absolute Gasteiger partial charge is 0.466 e. The van der Waals surface area contributed by atoms with Gasteiger partial charge in [0, 0.05) is 12.8 Å². The van der Waals surface area contributed by atoms with E-state index in [1.54, 1.807) is 12.1 Å². The lowest BCUT2D eigenvalue weighted by molar-refractivity contribution is -0.144. The number of ether oxygens (including phenoxy) is 2. The second kappa shape index (κ2) is 20.1. The van der Waals surface area contributed by atoms with E-state index in [9.17, 15) is 9.59 Å². The van der Waals surface area contributed by atoms with E-state index in [2.05, 4.69) is 6.92 Å². The highest BCUT2D eigenvalue weighted by atomic mass is 16.5. The highest BCUT2D eigenvalue weighted by Crippen LogP contribution is 2.13. The number of para-hydroxylation sites is 1. The van der Waals surface area contributed by atoms with Gasteiger partial charge in [-0.25, -0.2) is 0 Å². The Morgan fingerprint density at radius 1 is 0.613 bits per heavy atom. The van der Waals surface area contributed by atoms with Gasteiger partial charge in [-0.2, -0.15) is 0 Å². The smallest absolute Gasteiger partial charge is 0.311 e. The third kappa shape index (κ3) is 17.5. The van der Waals surface area contributed by atoms with Crippen molar-refractivity contribution in [1.82, 2.24) is 0 Å². The Hall–Kier alpha value is -1.84. The average molecular weight is 433 g/mol. The molecule has 4 nitrogen and oxygen atoms in total. The van der Waals surface area contributed by atoms with E-state index in [1.165, 1.54) is 70.6 Å². The fourth-order valence-corrected chi connectivity index (χ4v) is 3.59. The Labute approximate surface area is 190 Å². The van der Waals surface area contributed by atoms with Crippen molar-refractivity contribution in [2.45, 2.75) is 116 Å². The van der Waals surface area contributed by atoms with Gasteiger partial charge in [0.2, 0.25) is 0 Å². The molecule has 0 aliphatic heterocycles. The van der Waals surface area contributed by atoms with Crippen LogP contribution >= 0.6 is 0 Å². The molecule has 0 aromatic heterocycles. The molecule has 1 aromatic carbocycles. The Balaban J connectivity index is 1.81. The lowest BCUT2D eigenvalue weighted by atomic mass is 10.0. The van der Waals surface area contributed by atoms with Crippen LogP contribution in [0.2, 0.25) is 0 Å². The highest BCUT2D eigenvalue weighted by Gasteiger charge is 2.07. The molecule has 0 bridgehead atoms. The second-order valence-electron chi connectivity index (χ2n) is 8.46. The lowest BCUT2D eigenvalue weighted by Gasteiger charge is -2.06. The molecule has 0 aliphatic carbocycles. The summed E-state index contributed by atoms with van der Waals surface area (Å²) in [7, 11) is 0. The monoisotopic (exact) mass is 432 g/mol. The Bertz CT molecular complexity index is 556. The fourth-order valence-electron chi connectivity index (χ4n) is 3.59. The summed E-state index contributed by atoms with van der Waals surface area (Å²) >= 11 is 0. The normalized spacial score (nSPS) is 10.7. The van der Waals surface area contributed by atoms with E-state index in [4.69, 9.17) is 9.47 Å². The number of rotatable bonds is 20. The summed E-state index contributed by atoms with van der Waals surface area (Å²) in [5.41, 5.74) is 0. The van der Waals surface area contributed by atoms with Crippen LogP contribution in [-0.2, 0) is 14.3 Å². The first-order valence-corrected chi connectivity index (χ1v) is 12.6. The van der Waals surface area contributed by atoms with Crippen LogP contribution in [0.25, 0.3) is 0 Å². The van der Waals surface area contributed by atoms with E-state index in [1.807, 2.05) is 18.2 Å². The summed E-state index contributed by atoms with van der Waals surface area (Å²) in [4.78, 5) is 23.5. The van der Waals surface area contributed by atoms with E-state index < -0.39 is 0 Å². The zero-order chi connectivity index (χ0) is 22.4. The first-order chi connectivity index (χ1) is 15.2. The topological polar surface area (TPSA) is 52.6 Å². The summed E-state index contributed by atoms with van der Waals surface area (Å²) in [6.45, 7) is 2.78. The maximum Gasteiger partial charge on any atom is 0.311 e. The Kier molecular flexibility index (Phi) is 17.6. The quantitative estimate of drug-likeness (QED) is 0.120. The minimum absolute atomic E-state index is 0.157. The molecule has 0 atom stereocenters. The highest BCUT2D eigenvalue weighted by molar-refractivity contribution is 5.72. The Morgan fingerprint density at radius 2 is 1.10 bits per heavy atom. The van der Waals surface area contributed by atoms with Crippen molar-refractivity contribution in [1.29, 1.82) is 0 Å². The average Bonchev–Trinajstić information content (AvgIpc) is 2.77. The van der Waals surface area contributed by atoms with Crippen LogP contribution < -0.4 is 4.74 Å². The van der Waals surface area contributed by atoms with Crippen molar-refractivity contribution in [2.24, 2.45) is 0 Å². The molecule has 0 N–H and O–H groups in total. The molecule has 1 rings (SSSR count). The van der Waals surface area contributed by atoms with Gasteiger partial charge in [0.25, 0.3) is 0 Å². The summed E-state index contributed by atoms with van der Waals surface area (Å²) in [6.07, 6.45) is 19.0. The van der Waals surface area contributed by atoms with Gasteiger partial charge in [0.1, 0.15) is 5.75 Å². The van der Waals surface area contributed by atoms with Gasteiger partial charge < -0.3 is 9.47 Å². The molecule has 0 heterocycles. The van der Waals surface area contributed by atoms with E-state index in [0.29, 0.717) is 38.0 Å². The van der Waals surface area contributed by atoms with Crippen molar-refractivity contribution in [3.63, 3.8) is 0 Å². The molecule has 0 fully saturated rings. The molecule has 1 aromatic rings. The zero-order valence-corrected chi connectivity index (χ0v) is 19.7. The molecule has 31 heavy (non-hydrogen) atoms. The number of benzene rings is 1. The van der Waals surface area contributed by atoms with Crippen LogP contribution in [0.5, 0.6) is 5.75 Å². The SMILES string of the molecule is CCCCCCCCCCCCCCCOC(=O)CCCCC(=O)Oc1ccccc1. The summed E-state index contributed by atoms with van der Waals surface area (Å²) < 4.78 is 10.5. The van der Waals surface area contributed by atoms with Crippen molar-refractivity contribution >= 4 is 11.9 Å². The maximum atomic E-state index is 11.8. The summed E-state index contributed by atoms with van der Waals surface area (Å²) in [5.74, 6) is 0.145. The van der Waals surface area contributed by atoms with Crippen molar-refractivity contribution in [2.75, 3.05) is 6.61 Å². The molecule has 0 saturated carbocycles. The molecule has 0 radical (unpaired) electrons. The predicted molar refractivity (Wildman–Crippen MR) is 127 cm³/mol. The lowest BCUT2D eigenvalue weighted by Crippen LogP contribution is -2.09. The van der Waals surface area contributed by atoms with Gasteiger partial charge in [0.15, 0.2) is 0 Å². The zero-order valence-electron chi connectivity index (χ0n) is 19.7. The number of hydrogen-bond donors (Lipinski definition) is 0. The number of esters is 2. The molecule has 0 spiro atoms.